The second-order valence-corrected chi connectivity index (χ2v) is 3.43. The van der Waals surface area contributed by atoms with Gasteiger partial charge in [0, 0.05) is 18.8 Å². The van der Waals surface area contributed by atoms with Crippen LogP contribution in [0.1, 0.15) is 20.7 Å². The number of esters is 1. The van der Waals surface area contributed by atoms with Crippen LogP contribution in [0.3, 0.4) is 0 Å². The fourth-order valence-corrected chi connectivity index (χ4v) is 1.60. The van der Waals surface area contributed by atoms with Gasteiger partial charge in [-0.25, -0.2) is 4.79 Å². The molecule has 84 valence electrons. The van der Waals surface area contributed by atoms with Crippen LogP contribution in [-0.2, 0) is 4.74 Å². The summed E-state index contributed by atoms with van der Waals surface area (Å²) in [5.41, 5.74) is 1.64. The lowest BCUT2D eigenvalue weighted by Crippen LogP contribution is -2.24. The van der Waals surface area contributed by atoms with E-state index in [1.54, 1.807) is 18.2 Å². The number of amides is 1. The predicted molar refractivity (Wildman–Crippen MR) is 58.6 cm³/mol. The molecule has 5 nitrogen and oxygen atoms in total. The van der Waals surface area contributed by atoms with Gasteiger partial charge in [0.25, 0.3) is 5.91 Å². The van der Waals surface area contributed by atoms with Crippen LogP contribution in [0, 0.1) is 0 Å². The Labute approximate surface area is 92.8 Å². The first-order valence-corrected chi connectivity index (χ1v) is 4.97. The van der Waals surface area contributed by atoms with Crippen molar-refractivity contribution in [2.24, 2.45) is 0 Å². The quantitative estimate of drug-likeness (QED) is 0.681. The molecular weight excluding hydrogens is 208 g/mol. The van der Waals surface area contributed by atoms with E-state index in [1.165, 1.54) is 7.11 Å². The Hall–Kier alpha value is -2.04. The van der Waals surface area contributed by atoms with Crippen molar-refractivity contribution in [1.82, 2.24) is 5.32 Å². The topological polar surface area (TPSA) is 67.4 Å². The molecule has 0 spiro atoms. The molecule has 0 bridgehead atoms. The van der Waals surface area contributed by atoms with Gasteiger partial charge in [-0.1, -0.05) is 0 Å². The van der Waals surface area contributed by atoms with E-state index in [1.807, 2.05) is 0 Å². The first-order valence-electron chi connectivity index (χ1n) is 4.97. The number of carbonyl (C=O) groups is 2. The fourth-order valence-electron chi connectivity index (χ4n) is 1.60. The van der Waals surface area contributed by atoms with E-state index in [2.05, 4.69) is 15.4 Å². The Morgan fingerprint density at radius 3 is 2.81 bits per heavy atom. The molecule has 2 rings (SSSR count). The van der Waals surface area contributed by atoms with Crippen LogP contribution in [0.25, 0.3) is 0 Å². The molecular formula is C11H12N2O3. The van der Waals surface area contributed by atoms with E-state index < -0.39 is 5.97 Å². The first-order chi connectivity index (χ1) is 7.72. The molecule has 0 saturated heterocycles. The Bertz CT molecular complexity index is 443. The van der Waals surface area contributed by atoms with Crippen molar-refractivity contribution in [3.05, 3.63) is 29.3 Å². The maximum atomic E-state index is 11.6. The standard InChI is InChI=1S/C11H12N2O3/c1-16-11(15)7-2-3-8-9(6-7)12-4-5-13-10(8)14/h2-3,6,12H,4-5H2,1H3,(H,13,14). The van der Waals surface area contributed by atoms with Crippen LogP contribution in [0.15, 0.2) is 18.2 Å². The molecule has 0 aromatic heterocycles. The summed E-state index contributed by atoms with van der Waals surface area (Å²) in [5, 5.41) is 5.83. The summed E-state index contributed by atoms with van der Waals surface area (Å²) in [6, 6.07) is 4.83. The number of hydrogen-bond donors (Lipinski definition) is 2. The summed E-state index contributed by atoms with van der Waals surface area (Å²) in [6.07, 6.45) is 0. The average molecular weight is 220 g/mol. The minimum Gasteiger partial charge on any atom is -0.465 e. The fraction of sp³-hybridized carbons (Fsp3) is 0.273. The summed E-state index contributed by atoms with van der Waals surface area (Å²) in [7, 11) is 1.33. The molecule has 0 atom stereocenters. The highest BCUT2D eigenvalue weighted by molar-refractivity contribution is 6.02. The first kappa shape index (κ1) is 10.5. The number of anilines is 1. The van der Waals surface area contributed by atoms with Crippen molar-refractivity contribution >= 4 is 17.6 Å². The van der Waals surface area contributed by atoms with E-state index in [0.717, 1.165) is 0 Å². The summed E-state index contributed by atoms with van der Waals surface area (Å²) < 4.78 is 4.62. The largest absolute Gasteiger partial charge is 0.465 e. The van der Waals surface area contributed by atoms with Crippen molar-refractivity contribution in [1.29, 1.82) is 0 Å². The molecule has 1 aliphatic heterocycles. The molecule has 5 heteroatoms. The summed E-state index contributed by atoms with van der Waals surface area (Å²) >= 11 is 0. The molecule has 16 heavy (non-hydrogen) atoms. The molecule has 0 unspecified atom stereocenters. The maximum absolute atomic E-state index is 11.6. The van der Waals surface area contributed by atoms with Crippen LogP contribution >= 0.6 is 0 Å². The third-order valence-electron chi connectivity index (χ3n) is 2.41. The lowest BCUT2D eigenvalue weighted by molar-refractivity contribution is 0.0600. The number of benzene rings is 1. The van der Waals surface area contributed by atoms with Crippen molar-refractivity contribution in [2.75, 3.05) is 25.5 Å². The van der Waals surface area contributed by atoms with Crippen molar-refractivity contribution < 1.29 is 14.3 Å². The smallest absolute Gasteiger partial charge is 0.337 e. The Morgan fingerprint density at radius 2 is 2.06 bits per heavy atom. The molecule has 0 aliphatic carbocycles. The molecule has 0 saturated carbocycles. The average Bonchev–Trinajstić information content (AvgIpc) is 2.50. The number of ether oxygens (including phenoxy) is 1. The summed E-state index contributed by atoms with van der Waals surface area (Å²) in [4.78, 5) is 22.9. The lowest BCUT2D eigenvalue weighted by Gasteiger charge is -2.07. The van der Waals surface area contributed by atoms with Crippen LogP contribution in [0.4, 0.5) is 5.69 Å². The Balaban J connectivity index is 2.41. The van der Waals surface area contributed by atoms with Gasteiger partial charge in [-0.05, 0) is 18.2 Å². The van der Waals surface area contributed by atoms with E-state index in [9.17, 15) is 9.59 Å². The number of rotatable bonds is 1. The monoisotopic (exact) mass is 220 g/mol. The number of nitrogens with one attached hydrogen (secondary N) is 2. The van der Waals surface area contributed by atoms with Crippen LogP contribution in [0.2, 0.25) is 0 Å². The molecule has 1 amide bonds. The molecule has 2 N–H and O–H groups in total. The van der Waals surface area contributed by atoms with E-state index in [-0.39, 0.29) is 5.91 Å². The van der Waals surface area contributed by atoms with Gasteiger partial charge in [0.2, 0.25) is 0 Å². The van der Waals surface area contributed by atoms with Crippen LogP contribution in [0.5, 0.6) is 0 Å². The minimum absolute atomic E-state index is 0.128. The minimum atomic E-state index is -0.408. The number of fused-ring (bicyclic) bond motifs is 1. The van der Waals surface area contributed by atoms with Gasteiger partial charge in [-0.15, -0.1) is 0 Å². The molecule has 0 radical (unpaired) electrons. The molecule has 0 fully saturated rings. The number of methoxy groups -OCH3 is 1. The maximum Gasteiger partial charge on any atom is 0.337 e. The zero-order chi connectivity index (χ0) is 11.5. The van der Waals surface area contributed by atoms with Crippen LogP contribution < -0.4 is 10.6 Å². The third-order valence-corrected chi connectivity index (χ3v) is 2.41. The molecule has 1 aromatic rings. The second kappa shape index (κ2) is 4.22. The van der Waals surface area contributed by atoms with Gasteiger partial charge in [0.1, 0.15) is 0 Å². The summed E-state index contributed by atoms with van der Waals surface area (Å²) in [5.74, 6) is -0.536. The van der Waals surface area contributed by atoms with Gasteiger partial charge in [0.05, 0.1) is 18.2 Å². The molecule has 1 heterocycles. The van der Waals surface area contributed by atoms with Gasteiger partial charge < -0.3 is 15.4 Å². The van der Waals surface area contributed by atoms with Crippen molar-refractivity contribution in [3.8, 4) is 0 Å². The predicted octanol–water partition coefficient (Wildman–Crippen LogP) is 0.628. The molecule has 1 aromatic carbocycles. The Morgan fingerprint density at radius 1 is 1.31 bits per heavy atom. The van der Waals surface area contributed by atoms with Crippen molar-refractivity contribution in [2.45, 2.75) is 0 Å². The second-order valence-electron chi connectivity index (χ2n) is 3.43. The third kappa shape index (κ3) is 1.84. The highest BCUT2D eigenvalue weighted by atomic mass is 16.5. The van der Waals surface area contributed by atoms with Gasteiger partial charge in [0.15, 0.2) is 0 Å². The zero-order valence-corrected chi connectivity index (χ0v) is 8.87. The molecule has 1 aliphatic rings. The SMILES string of the molecule is COC(=O)c1ccc2c(c1)NCCNC2=O. The van der Waals surface area contributed by atoms with Gasteiger partial charge in [-0.2, -0.15) is 0 Å². The van der Waals surface area contributed by atoms with E-state index in [0.29, 0.717) is 29.9 Å². The van der Waals surface area contributed by atoms with Crippen LogP contribution in [-0.4, -0.2) is 32.1 Å². The zero-order valence-electron chi connectivity index (χ0n) is 8.87. The Kier molecular flexibility index (Phi) is 2.76. The number of carbonyl (C=O) groups excluding carboxylic acids is 2. The number of hydrogen-bond acceptors (Lipinski definition) is 4. The summed E-state index contributed by atoms with van der Waals surface area (Å²) in [6.45, 7) is 1.21. The highest BCUT2D eigenvalue weighted by Crippen LogP contribution is 2.19. The van der Waals surface area contributed by atoms with E-state index >= 15 is 0 Å². The van der Waals surface area contributed by atoms with Gasteiger partial charge >= 0.3 is 5.97 Å². The normalized spacial score (nSPS) is 14.2. The van der Waals surface area contributed by atoms with Crippen molar-refractivity contribution in [3.63, 3.8) is 0 Å². The van der Waals surface area contributed by atoms with Gasteiger partial charge in [-0.3, -0.25) is 4.79 Å². The van der Waals surface area contributed by atoms with E-state index in [4.69, 9.17) is 0 Å². The lowest BCUT2D eigenvalue weighted by atomic mass is 10.1. The highest BCUT2D eigenvalue weighted by Gasteiger charge is 2.16.